The monoisotopic (exact) mass is 255 g/mol. The van der Waals surface area contributed by atoms with Crippen LogP contribution in [0, 0.1) is 6.92 Å². The number of rotatable bonds is 3. The zero-order valence-corrected chi connectivity index (χ0v) is 11.2. The summed E-state index contributed by atoms with van der Waals surface area (Å²) in [5.41, 5.74) is 2.64. The zero-order chi connectivity index (χ0) is 11.4. The van der Waals surface area contributed by atoms with Gasteiger partial charge in [0.2, 0.25) is 0 Å². The van der Waals surface area contributed by atoms with E-state index in [1.807, 2.05) is 12.1 Å². The molecule has 3 heteroatoms. The van der Waals surface area contributed by atoms with Gasteiger partial charge in [-0.3, -0.25) is 0 Å². The highest BCUT2D eigenvalue weighted by molar-refractivity contribution is 7.99. The van der Waals surface area contributed by atoms with Crippen LogP contribution in [0.25, 0.3) is 0 Å². The smallest absolute Gasteiger partial charge is 0.0408 e. The SMILES string of the molecule is Cc1cc(Cl)ccc1CNC1CCCSC1. The lowest BCUT2D eigenvalue weighted by Gasteiger charge is -2.23. The zero-order valence-electron chi connectivity index (χ0n) is 9.63. The summed E-state index contributed by atoms with van der Waals surface area (Å²) in [7, 11) is 0. The maximum absolute atomic E-state index is 5.94. The number of aryl methyl sites for hydroxylation is 1. The van der Waals surface area contributed by atoms with Crippen molar-refractivity contribution in [3.05, 3.63) is 34.3 Å². The van der Waals surface area contributed by atoms with Crippen molar-refractivity contribution in [1.29, 1.82) is 0 Å². The molecule has 1 N–H and O–H groups in total. The van der Waals surface area contributed by atoms with Crippen molar-refractivity contribution in [3.8, 4) is 0 Å². The number of halogens is 1. The number of nitrogens with one attached hydrogen (secondary N) is 1. The summed E-state index contributed by atoms with van der Waals surface area (Å²) in [6, 6.07) is 6.82. The van der Waals surface area contributed by atoms with Gasteiger partial charge in [0.1, 0.15) is 0 Å². The van der Waals surface area contributed by atoms with Gasteiger partial charge < -0.3 is 5.32 Å². The predicted molar refractivity (Wildman–Crippen MR) is 73.4 cm³/mol. The van der Waals surface area contributed by atoms with Gasteiger partial charge in [0.15, 0.2) is 0 Å². The van der Waals surface area contributed by atoms with E-state index in [9.17, 15) is 0 Å². The molecular formula is C13H18ClNS. The first-order valence-corrected chi connectivity index (χ1v) is 7.35. The molecule has 16 heavy (non-hydrogen) atoms. The largest absolute Gasteiger partial charge is 0.309 e. The van der Waals surface area contributed by atoms with E-state index in [2.05, 4.69) is 30.1 Å². The van der Waals surface area contributed by atoms with Crippen LogP contribution in [0.15, 0.2) is 18.2 Å². The van der Waals surface area contributed by atoms with E-state index in [0.717, 1.165) is 11.6 Å². The van der Waals surface area contributed by atoms with E-state index in [1.54, 1.807) is 0 Å². The van der Waals surface area contributed by atoms with E-state index in [4.69, 9.17) is 11.6 Å². The van der Waals surface area contributed by atoms with Gasteiger partial charge in [0.05, 0.1) is 0 Å². The van der Waals surface area contributed by atoms with E-state index >= 15 is 0 Å². The Hall–Kier alpha value is -0.180. The molecule has 0 aliphatic carbocycles. The Morgan fingerprint density at radius 3 is 3.06 bits per heavy atom. The molecule has 1 atom stereocenters. The van der Waals surface area contributed by atoms with E-state index in [0.29, 0.717) is 6.04 Å². The van der Waals surface area contributed by atoms with Crippen molar-refractivity contribution < 1.29 is 0 Å². The third-order valence-corrected chi connectivity index (χ3v) is 4.50. The fraction of sp³-hybridized carbons (Fsp3) is 0.538. The molecule has 2 rings (SSSR count). The van der Waals surface area contributed by atoms with Gasteiger partial charge in [-0.05, 0) is 48.8 Å². The Morgan fingerprint density at radius 1 is 1.50 bits per heavy atom. The molecule has 0 aromatic heterocycles. The lowest BCUT2D eigenvalue weighted by Crippen LogP contribution is -2.33. The molecule has 0 radical (unpaired) electrons. The second-order valence-electron chi connectivity index (χ2n) is 4.37. The molecule has 1 nitrogen and oxygen atoms in total. The van der Waals surface area contributed by atoms with Crippen LogP contribution in [-0.4, -0.2) is 17.5 Å². The van der Waals surface area contributed by atoms with Gasteiger partial charge in [0, 0.05) is 23.4 Å². The van der Waals surface area contributed by atoms with Crippen LogP contribution >= 0.6 is 23.4 Å². The number of benzene rings is 1. The maximum atomic E-state index is 5.94. The first-order chi connectivity index (χ1) is 7.75. The van der Waals surface area contributed by atoms with Crippen molar-refractivity contribution in [2.24, 2.45) is 0 Å². The van der Waals surface area contributed by atoms with E-state index < -0.39 is 0 Å². The number of hydrogen-bond donors (Lipinski definition) is 1. The van der Waals surface area contributed by atoms with Gasteiger partial charge in [-0.1, -0.05) is 17.7 Å². The fourth-order valence-corrected chi connectivity index (χ4v) is 3.35. The molecule has 0 amide bonds. The minimum Gasteiger partial charge on any atom is -0.309 e. The van der Waals surface area contributed by atoms with E-state index in [-0.39, 0.29) is 0 Å². The van der Waals surface area contributed by atoms with Crippen LogP contribution in [0.2, 0.25) is 5.02 Å². The third-order valence-electron chi connectivity index (χ3n) is 3.05. The Bertz CT molecular complexity index is 348. The molecule has 1 saturated heterocycles. The van der Waals surface area contributed by atoms with Crippen molar-refractivity contribution in [3.63, 3.8) is 0 Å². The average molecular weight is 256 g/mol. The maximum Gasteiger partial charge on any atom is 0.0408 e. The summed E-state index contributed by atoms with van der Waals surface area (Å²) in [4.78, 5) is 0. The molecule has 1 fully saturated rings. The molecule has 0 saturated carbocycles. The van der Waals surface area contributed by atoms with Crippen molar-refractivity contribution >= 4 is 23.4 Å². The standard InChI is InChI=1S/C13H18ClNS/c1-10-7-12(14)5-4-11(10)8-15-13-3-2-6-16-9-13/h4-5,7,13,15H,2-3,6,8-9H2,1H3. The van der Waals surface area contributed by atoms with Crippen LogP contribution in [0.3, 0.4) is 0 Å². The molecule has 1 aliphatic rings. The van der Waals surface area contributed by atoms with Crippen LogP contribution < -0.4 is 5.32 Å². The number of hydrogen-bond acceptors (Lipinski definition) is 2. The van der Waals surface area contributed by atoms with Gasteiger partial charge >= 0.3 is 0 Å². The third kappa shape index (κ3) is 3.41. The molecular weight excluding hydrogens is 238 g/mol. The molecule has 1 heterocycles. The highest BCUT2D eigenvalue weighted by Crippen LogP contribution is 2.19. The summed E-state index contributed by atoms with van der Waals surface area (Å²) < 4.78 is 0. The highest BCUT2D eigenvalue weighted by Gasteiger charge is 2.12. The fourth-order valence-electron chi connectivity index (χ4n) is 2.01. The molecule has 0 spiro atoms. The van der Waals surface area contributed by atoms with Crippen molar-refractivity contribution in [1.82, 2.24) is 5.32 Å². The Kier molecular flexibility index (Phi) is 4.56. The second kappa shape index (κ2) is 5.95. The van der Waals surface area contributed by atoms with Crippen LogP contribution in [0.1, 0.15) is 24.0 Å². The van der Waals surface area contributed by atoms with Crippen LogP contribution in [0.4, 0.5) is 0 Å². The summed E-state index contributed by atoms with van der Waals surface area (Å²) in [5, 5.41) is 4.46. The summed E-state index contributed by atoms with van der Waals surface area (Å²) in [5.74, 6) is 2.59. The second-order valence-corrected chi connectivity index (χ2v) is 5.95. The Labute approximate surface area is 107 Å². The predicted octanol–water partition coefficient (Wildman–Crippen LogP) is 3.63. The van der Waals surface area contributed by atoms with E-state index in [1.165, 1.54) is 35.5 Å². The number of thioether (sulfide) groups is 1. The van der Waals surface area contributed by atoms with Crippen molar-refractivity contribution in [2.75, 3.05) is 11.5 Å². The highest BCUT2D eigenvalue weighted by atomic mass is 35.5. The van der Waals surface area contributed by atoms with Gasteiger partial charge in [-0.2, -0.15) is 11.8 Å². The minimum atomic E-state index is 0.689. The molecule has 88 valence electrons. The quantitative estimate of drug-likeness (QED) is 0.885. The van der Waals surface area contributed by atoms with Crippen LogP contribution in [0.5, 0.6) is 0 Å². The summed E-state index contributed by atoms with van der Waals surface area (Å²) >= 11 is 8.00. The molecule has 1 aromatic carbocycles. The van der Waals surface area contributed by atoms with Crippen molar-refractivity contribution in [2.45, 2.75) is 32.4 Å². The molecule has 1 aliphatic heterocycles. The first kappa shape index (κ1) is 12.3. The minimum absolute atomic E-state index is 0.689. The average Bonchev–Trinajstić information content (AvgIpc) is 2.29. The topological polar surface area (TPSA) is 12.0 Å². The van der Waals surface area contributed by atoms with Gasteiger partial charge in [-0.25, -0.2) is 0 Å². The van der Waals surface area contributed by atoms with Crippen LogP contribution in [-0.2, 0) is 6.54 Å². The first-order valence-electron chi connectivity index (χ1n) is 5.82. The molecule has 1 unspecified atom stereocenters. The lowest BCUT2D eigenvalue weighted by molar-refractivity contribution is 0.507. The van der Waals surface area contributed by atoms with Gasteiger partial charge in [0.25, 0.3) is 0 Å². The Morgan fingerprint density at radius 2 is 2.38 bits per heavy atom. The van der Waals surface area contributed by atoms with Gasteiger partial charge in [-0.15, -0.1) is 0 Å². The Balaban J connectivity index is 1.88. The molecule has 1 aromatic rings. The summed E-state index contributed by atoms with van der Waals surface area (Å²) in [6.45, 7) is 3.09. The summed E-state index contributed by atoms with van der Waals surface area (Å²) in [6.07, 6.45) is 2.67. The lowest BCUT2D eigenvalue weighted by atomic mass is 10.1. The normalized spacial score (nSPS) is 21.0. The molecule has 0 bridgehead atoms.